The predicted octanol–water partition coefficient (Wildman–Crippen LogP) is 3.80. The van der Waals surface area contributed by atoms with Crippen LogP contribution in [0.4, 0.5) is 4.39 Å². The van der Waals surface area contributed by atoms with E-state index in [9.17, 15) is 14.6 Å². The Balaban J connectivity index is 2.16. The molecule has 0 fully saturated rings. The van der Waals surface area contributed by atoms with E-state index >= 15 is 0 Å². The van der Waals surface area contributed by atoms with E-state index in [1.807, 2.05) is 0 Å². The monoisotopic (exact) mass is 462 g/mol. The summed E-state index contributed by atoms with van der Waals surface area (Å²) in [5.41, 5.74) is 12.6. The molecule has 3 aromatic rings. The number of rotatable bonds is 7. The SMILES string of the molecule is CC=N/C(=C(/Cl)CN)C(N)c1cc2cc(F)cc(-c3cc(C(C)(O)CO)ccn3)c2s1. The van der Waals surface area contributed by atoms with Gasteiger partial charge in [0.25, 0.3) is 0 Å². The summed E-state index contributed by atoms with van der Waals surface area (Å²) < 4.78 is 15.2. The van der Waals surface area contributed by atoms with Gasteiger partial charge in [-0.3, -0.25) is 9.98 Å². The topological polar surface area (TPSA) is 118 Å². The van der Waals surface area contributed by atoms with Crippen LogP contribution >= 0.6 is 22.9 Å². The van der Waals surface area contributed by atoms with E-state index in [0.717, 1.165) is 9.58 Å². The number of thiophene rings is 1. The minimum absolute atomic E-state index is 0.105. The number of pyridine rings is 1. The summed E-state index contributed by atoms with van der Waals surface area (Å²) in [6, 6.07) is 7.24. The van der Waals surface area contributed by atoms with Gasteiger partial charge in [-0.1, -0.05) is 11.6 Å². The molecule has 0 bridgehead atoms. The van der Waals surface area contributed by atoms with Crippen LogP contribution in [-0.2, 0) is 5.60 Å². The van der Waals surface area contributed by atoms with Crippen molar-refractivity contribution >= 4 is 39.2 Å². The zero-order valence-electron chi connectivity index (χ0n) is 17.1. The van der Waals surface area contributed by atoms with Crippen molar-refractivity contribution in [2.75, 3.05) is 13.2 Å². The minimum Gasteiger partial charge on any atom is -0.393 e. The maximum Gasteiger partial charge on any atom is 0.124 e. The van der Waals surface area contributed by atoms with Gasteiger partial charge in [0.05, 0.1) is 29.1 Å². The van der Waals surface area contributed by atoms with Gasteiger partial charge in [-0.25, -0.2) is 4.39 Å². The summed E-state index contributed by atoms with van der Waals surface area (Å²) in [4.78, 5) is 9.37. The number of benzene rings is 1. The van der Waals surface area contributed by atoms with E-state index in [1.54, 1.807) is 31.3 Å². The Hall–Kier alpha value is -2.20. The van der Waals surface area contributed by atoms with Gasteiger partial charge < -0.3 is 21.7 Å². The molecule has 3 rings (SSSR count). The Bertz CT molecular complexity index is 1160. The maximum atomic E-state index is 14.4. The summed E-state index contributed by atoms with van der Waals surface area (Å²) in [6.07, 6.45) is 3.11. The number of aromatic nitrogens is 1. The van der Waals surface area contributed by atoms with Crippen LogP contribution in [0, 0.1) is 5.82 Å². The molecule has 0 saturated heterocycles. The van der Waals surface area contributed by atoms with Crippen molar-refractivity contribution in [2.24, 2.45) is 16.5 Å². The fourth-order valence-corrected chi connectivity index (χ4v) is 4.52. The van der Waals surface area contributed by atoms with Crippen molar-refractivity contribution in [1.29, 1.82) is 0 Å². The third-order valence-corrected chi connectivity index (χ3v) is 6.51. The van der Waals surface area contributed by atoms with Crippen molar-refractivity contribution < 1.29 is 14.6 Å². The van der Waals surface area contributed by atoms with E-state index < -0.39 is 24.1 Å². The van der Waals surface area contributed by atoms with Crippen LogP contribution < -0.4 is 11.5 Å². The normalized spacial score (nSPS) is 15.9. The molecule has 2 atom stereocenters. The lowest BCUT2D eigenvalue weighted by molar-refractivity contribution is -0.00230. The quantitative estimate of drug-likeness (QED) is 0.398. The molecule has 6 N–H and O–H groups in total. The largest absolute Gasteiger partial charge is 0.393 e. The average molecular weight is 463 g/mol. The standard InChI is InChI=1S/C22H24ClFN4O2S/c1-3-27-20(16(23)10-25)19(26)18-7-12-6-14(24)9-15(21(12)31-18)17-8-13(4-5-28-17)22(2,30)11-29/h3-9,19,29-30H,10-11,25-26H2,1-2H3/b20-16+,27-3?. The second-order valence-electron chi connectivity index (χ2n) is 7.24. The highest BCUT2D eigenvalue weighted by atomic mass is 35.5. The van der Waals surface area contributed by atoms with Crippen LogP contribution in [0.1, 0.15) is 30.3 Å². The summed E-state index contributed by atoms with van der Waals surface area (Å²) in [7, 11) is 0. The van der Waals surface area contributed by atoms with Gasteiger partial charge in [0.1, 0.15) is 11.4 Å². The maximum absolute atomic E-state index is 14.4. The molecule has 31 heavy (non-hydrogen) atoms. The lowest BCUT2D eigenvalue weighted by atomic mass is 9.96. The van der Waals surface area contributed by atoms with Crippen LogP contribution in [-0.4, -0.2) is 34.6 Å². The third kappa shape index (κ3) is 4.85. The summed E-state index contributed by atoms with van der Waals surface area (Å²) in [5.74, 6) is -0.427. The molecule has 0 saturated carbocycles. The van der Waals surface area contributed by atoms with Crippen LogP contribution in [0.15, 0.2) is 52.3 Å². The molecule has 164 valence electrons. The lowest BCUT2D eigenvalue weighted by Crippen LogP contribution is -2.25. The van der Waals surface area contributed by atoms with Gasteiger partial charge in [0, 0.05) is 34.1 Å². The zero-order chi connectivity index (χ0) is 22.8. The van der Waals surface area contributed by atoms with Crippen LogP contribution in [0.25, 0.3) is 21.3 Å². The predicted molar refractivity (Wildman–Crippen MR) is 125 cm³/mol. The van der Waals surface area contributed by atoms with Gasteiger partial charge in [-0.15, -0.1) is 11.3 Å². The van der Waals surface area contributed by atoms with Gasteiger partial charge in [0.15, 0.2) is 0 Å². The molecule has 0 aliphatic carbocycles. The Morgan fingerprint density at radius 2 is 2.13 bits per heavy atom. The second-order valence-corrected chi connectivity index (χ2v) is 8.78. The van der Waals surface area contributed by atoms with Crippen molar-refractivity contribution in [3.63, 3.8) is 0 Å². The Labute approximate surface area is 188 Å². The van der Waals surface area contributed by atoms with E-state index in [4.69, 9.17) is 23.1 Å². The van der Waals surface area contributed by atoms with E-state index in [2.05, 4.69) is 9.98 Å². The first-order chi connectivity index (χ1) is 14.7. The first-order valence-corrected chi connectivity index (χ1v) is 10.8. The average Bonchev–Trinajstić information content (AvgIpc) is 3.19. The summed E-state index contributed by atoms with van der Waals surface area (Å²) in [5, 5.41) is 20.9. The highest BCUT2D eigenvalue weighted by molar-refractivity contribution is 7.19. The van der Waals surface area contributed by atoms with Crippen LogP contribution in [0.2, 0.25) is 0 Å². The summed E-state index contributed by atoms with van der Waals surface area (Å²) >= 11 is 7.62. The number of nitrogens with zero attached hydrogens (tertiary/aromatic N) is 2. The molecule has 6 nitrogen and oxygen atoms in total. The highest BCUT2D eigenvalue weighted by Gasteiger charge is 2.24. The van der Waals surface area contributed by atoms with Gasteiger partial charge >= 0.3 is 0 Å². The number of nitrogens with two attached hydrogens (primary N) is 2. The third-order valence-electron chi connectivity index (χ3n) is 4.89. The smallest absolute Gasteiger partial charge is 0.124 e. The minimum atomic E-state index is -1.44. The van der Waals surface area contributed by atoms with Crippen molar-refractivity contribution in [3.05, 3.63) is 63.5 Å². The molecule has 2 aromatic heterocycles. The molecule has 0 radical (unpaired) electrons. The van der Waals surface area contributed by atoms with Gasteiger partial charge in [-0.05, 0) is 55.1 Å². The van der Waals surface area contributed by atoms with Gasteiger partial charge in [0.2, 0.25) is 0 Å². The number of aliphatic hydroxyl groups is 2. The van der Waals surface area contributed by atoms with Crippen molar-refractivity contribution in [2.45, 2.75) is 25.5 Å². The lowest BCUT2D eigenvalue weighted by Gasteiger charge is -2.21. The Morgan fingerprint density at radius 3 is 2.77 bits per heavy atom. The molecule has 2 unspecified atom stereocenters. The number of hydrogen-bond acceptors (Lipinski definition) is 7. The molecular formula is C22H24ClFN4O2S. The number of fused-ring (bicyclic) bond motifs is 1. The molecule has 0 aliphatic heterocycles. The number of hydrogen-bond donors (Lipinski definition) is 4. The van der Waals surface area contributed by atoms with Gasteiger partial charge in [-0.2, -0.15) is 0 Å². The fraction of sp³-hybridized carbons (Fsp3) is 0.273. The van der Waals surface area contributed by atoms with E-state index in [1.165, 1.54) is 36.6 Å². The zero-order valence-corrected chi connectivity index (χ0v) is 18.7. The van der Waals surface area contributed by atoms with Crippen LogP contribution in [0.5, 0.6) is 0 Å². The van der Waals surface area contributed by atoms with Crippen molar-refractivity contribution in [1.82, 2.24) is 4.98 Å². The molecular weight excluding hydrogens is 439 g/mol. The van der Waals surface area contributed by atoms with Crippen LogP contribution in [0.3, 0.4) is 0 Å². The molecule has 9 heteroatoms. The number of halogens is 2. The second kappa shape index (κ2) is 9.52. The Kier molecular flexibility index (Phi) is 7.20. The van der Waals surface area contributed by atoms with E-state index in [-0.39, 0.29) is 6.54 Å². The summed E-state index contributed by atoms with van der Waals surface area (Å²) in [6.45, 7) is 2.90. The fourth-order valence-electron chi connectivity index (χ4n) is 3.18. The number of aliphatic hydroxyl groups excluding tert-OH is 1. The van der Waals surface area contributed by atoms with E-state index in [0.29, 0.717) is 32.9 Å². The first-order valence-electron chi connectivity index (χ1n) is 9.57. The molecule has 2 heterocycles. The Morgan fingerprint density at radius 1 is 1.39 bits per heavy atom. The van der Waals surface area contributed by atoms with Crippen molar-refractivity contribution in [3.8, 4) is 11.3 Å². The molecule has 0 amide bonds. The molecule has 0 spiro atoms. The highest BCUT2D eigenvalue weighted by Crippen LogP contribution is 2.39. The first kappa shape index (κ1) is 23.5. The number of aliphatic imine (C=N–C) groups is 1. The molecule has 0 aliphatic rings. The molecule has 1 aromatic carbocycles.